The van der Waals surface area contributed by atoms with E-state index in [4.69, 9.17) is 11.6 Å². The molecule has 0 aliphatic carbocycles. The molecule has 0 N–H and O–H groups in total. The third-order valence-corrected chi connectivity index (χ3v) is 7.74. The van der Waals surface area contributed by atoms with Crippen LogP contribution in [0.2, 0.25) is 5.15 Å². The Kier molecular flexibility index (Phi) is 14.5. The summed E-state index contributed by atoms with van der Waals surface area (Å²) < 4.78 is 34.5. The number of nitrogens with zero attached hydrogens (tertiary/aromatic N) is 1. The minimum atomic E-state index is -4.31. The molecule has 0 spiro atoms. The maximum Gasteiger partial charge on any atom is 0.275 e. The van der Waals surface area contributed by atoms with Gasteiger partial charge in [-0.25, -0.2) is 8.42 Å². The largest absolute Gasteiger partial charge is 0.744 e. The van der Waals surface area contributed by atoms with Crippen LogP contribution in [0.1, 0.15) is 95.2 Å². The molecule has 0 bridgehead atoms. The Morgan fingerprint density at radius 3 is 1.84 bits per heavy atom. The molecule has 6 heteroatoms. The minimum Gasteiger partial charge on any atom is -0.744 e. The Bertz CT molecular complexity index is 1120. The van der Waals surface area contributed by atoms with Crippen molar-refractivity contribution in [1.29, 1.82) is 0 Å². The van der Waals surface area contributed by atoms with Crippen LogP contribution in [-0.2, 0) is 16.5 Å². The summed E-state index contributed by atoms with van der Waals surface area (Å²) in [6.45, 7) is 4.38. The van der Waals surface area contributed by atoms with Crippen LogP contribution in [0.3, 0.4) is 0 Å². The van der Waals surface area contributed by atoms with E-state index in [1.165, 1.54) is 75.5 Å². The molecule has 0 saturated heterocycles. The van der Waals surface area contributed by atoms with E-state index in [-0.39, 0.29) is 10.9 Å². The first-order chi connectivity index (χ1) is 17.8. The number of hydrogen-bond donors (Lipinski definition) is 0. The van der Waals surface area contributed by atoms with Crippen molar-refractivity contribution in [2.24, 2.45) is 0 Å². The van der Waals surface area contributed by atoms with Crippen LogP contribution in [0.5, 0.6) is 0 Å². The first-order valence-electron chi connectivity index (χ1n) is 13.6. The number of aryl methyl sites for hydroxylation is 1. The van der Waals surface area contributed by atoms with Crippen LogP contribution < -0.4 is 4.57 Å². The molecule has 0 amide bonds. The molecule has 0 radical (unpaired) electrons. The lowest BCUT2D eigenvalue weighted by molar-refractivity contribution is -0.708. The number of aromatic nitrogens is 1. The summed E-state index contributed by atoms with van der Waals surface area (Å²) >= 11 is 6.13. The summed E-state index contributed by atoms with van der Waals surface area (Å²) in [5.74, 6) is 0. The first kappa shape index (κ1) is 31.0. The molecule has 37 heavy (non-hydrogen) atoms. The highest BCUT2D eigenvalue weighted by molar-refractivity contribution is 7.85. The van der Waals surface area contributed by atoms with Gasteiger partial charge in [-0.2, -0.15) is 4.57 Å². The Hall–Kier alpha value is -2.21. The second-order valence-electron chi connectivity index (χ2n) is 9.55. The predicted octanol–water partition coefficient (Wildman–Crippen LogP) is 8.29. The normalized spacial score (nSPS) is 12.0. The van der Waals surface area contributed by atoms with E-state index >= 15 is 0 Å². The van der Waals surface area contributed by atoms with Crippen molar-refractivity contribution in [3.63, 3.8) is 0 Å². The average molecular weight is 544 g/mol. The van der Waals surface area contributed by atoms with Crippen LogP contribution in [-0.4, -0.2) is 13.0 Å². The van der Waals surface area contributed by atoms with Crippen LogP contribution in [0.15, 0.2) is 83.9 Å². The lowest BCUT2D eigenvalue weighted by Gasteiger charge is -2.08. The van der Waals surface area contributed by atoms with Crippen LogP contribution >= 0.6 is 11.6 Å². The van der Waals surface area contributed by atoms with Crippen LogP contribution in [0.4, 0.5) is 0 Å². The third kappa shape index (κ3) is 12.3. The molecular formula is C31H42ClNO3S. The standard InChI is InChI=1S/C18H30O3S.C13H13ClN/c1-2-3-4-5-6-7-8-9-10-11-12-17-13-15-18(16-14-17)22(19,20)21;1-11(12-7-3-2-4-8-12)15-10-6-5-9-13(15)14/h13-16H,2-12H2,1H3,(H,19,20,21);2-11H,1H3/q;+1/p-1. The van der Waals surface area contributed by atoms with Gasteiger partial charge < -0.3 is 4.55 Å². The zero-order valence-corrected chi connectivity index (χ0v) is 23.9. The minimum absolute atomic E-state index is 0.140. The highest BCUT2D eigenvalue weighted by atomic mass is 35.5. The fraction of sp³-hybridized carbons (Fsp3) is 0.452. The monoisotopic (exact) mass is 543 g/mol. The van der Waals surface area contributed by atoms with Crippen molar-refractivity contribution in [1.82, 2.24) is 0 Å². The number of benzene rings is 2. The molecule has 4 nitrogen and oxygen atoms in total. The van der Waals surface area contributed by atoms with Crippen LogP contribution in [0.25, 0.3) is 0 Å². The summed E-state index contributed by atoms with van der Waals surface area (Å²) in [5.41, 5.74) is 2.36. The molecule has 1 heterocycles. The number of unbranched alkanes of at least 4 members (excludes halogenated alkanes) is 9. The van der Waals surface area contributed by atoms with Crippen molar-refractivity contribution in [3.8, 4) is 0 Å². The maximum absolute atomic E-state index is 10.8. The molecule has 1 aromatic heterocycles. The Balaban J connectivity index is 0.000000278. The van der Waals surface area contributed by atoms with E-state index in [1.807, 2.05) is 42.6 Å². The van der Waals surface area contributed by atoms with Crippen molar-refractivity contribution in [2.75, 3.05) is 0 Å². The fourth-order valence-electron chi connectivity index (χ4n) is 4.28. The molecule has 0 aliphatic rings. The predicted molar refractivity (Wildman–Crippen MR) is 152 cm³/mol. The lowest BCUT2D eigenvalue weighted by atomic mass is 10.0. The summed E-state index contributed by atoms with van der Waals surface area (Å²) in [7, 11) is -4.31. The molecule has 2 aromatic carbocycles. The molecule has 3 rings (SSSR count). The molecule has 1 atom stereocenters. The quantitative estimate of drug-likeness (QED) is 0.0888. The van der Waals surface area contributed by atoms with Gasteiger partial charge in [0.15, 0.2) is 12.2 Å². The van der Waals surface area contributed by atoms with E-state index < -0.39 is 10.1 Å². The molecule has 0 fully saturated rings. The average Bonchev–Trinajstić information content (AvgIpc) is 2.90. The zero-order valence-electron chi connectivity index (χ0n) is 22.3. The van der Waals surface area contributed by atoms with Gasteiger partial charge in [0.05, 0.1) is 4.90 Å². The van der Waals surface area contributed by atoms with Crippen molar-refractivity contribution in [2.45, 2.75) is 95.4 Å². The molecule has 3 aromatic rings. The van der Waals surface area contributed by atoms with Gasteiger partial charge in [-0.1, -0.05) is 107 Å². The summed E-state index contributed by atoms with van der Waals surface area (Å²) in [6, 6.07) is 22.8. The molecular weight excluding hydrogens is 502 g/mol. The van der Waals surface area contributed by atoms with Gasteiger partial charge in [-0.3, -0.25) is 0 Å². The zero-order chi connectivity index (χ0) is 26.9. The molecule has 0 aliphatic heterocycles. The fourth-order valence-corrected chi connectivity index (χ4v) is 5.03. The van der Waals surface area contributed by atoms with E-state index in [2.05, 4.69) is 30.5 Å². The van der Waals surface area contributed by atoms with Gasteiger partial charge in [0.2, 0.25) is 0 Å². The van der Waals surface area contributed by atoms with Crippen molar-refractivity contribution >= 4 is 21.7 Å². The summed E-state index contributed by atoms with van der Waals surface area (Å²) in [5, 5.41) is 0.758. The first-order valence-corrected chi connectivity index (χ1v) is 15.4. The van der Waals surface area contributed by atoms with E-state index in [9.17, 15) is 13.0 Å². The maximum atomic E-state index is 10.8. The third-order valence-electron chi connectivity index (χ3n) is 6.57. The summed E-state index contributed by atoms with van der Waals surface area (Å²) in [4.78, 5) is -0.140. The van der Waals surface area contributed by atoms with Gasteiger partial charge in [0.1, 0.15) is 10.1 Å². The Labute approximate surface area is 229 Å². The van der Waals surface area contributed by atoms with E-state index in [1.54, 1.807) is 12.1 Å². The SMILES string of the molecule is CC(c1ccccc1)[n+]1ccccc1Cl.CCCCCCCCCCCCc1ccc(S(=O)(=O)[O-])cc1. The van der Waals surface area contributed by atoms with Gasteiger partial charge >= 0.3 is 0 Å². The number of halogens is 1. The van der Waals surface area contributed by atoms with Crippen molar-refractivity contribution in [3.05, 3.63) is 95.3 Å². The number of hydrogen-bond acceptors (Lipinski definition) is 3. The van der Waals surface area contributed by atoms with E-state index in [0.29, 0.717) is 0 Å². The lowest BCUT2D eigenvalue weighted by Crippen LogP contribution is -2.39. The second-order valence-corrected chi connectivity index (χ2v) is 11.3. The van der Waals surface area contributed by atoms with Crippen LogP contribution in [0, 0.1) is 0 Å². The van der Waals surface area contributed by atoms with Gasteiger partial charge in [0, 0.05) is 24.6 Å². The van der Waals surface area contributed by atoms with Gasteiger partial charge in [-0.05, 0) is 48.2 Å². The van der Waals surface area contributed by atoms with Gasteiger partial charge in [-0.15, -0.1) is 0 Å². The topological polar surface area (TPSA) is 61.1 Å². The second kappa shape index (κ2) is 17.3. The van der Waals surface area contributed by atoms with Gasteiger partial charge in [0.25, 0.3) is 5.15 Å². The molecule has 1 unspecified atom stereocenters. The Morgan fingerprint density at radius 1 is 0.757 bits per heavy atom. The number of pyridine rings is 1. The smallest absolute Gasteiger partial charge is 0.275 e. The molecule has 0 saturated carbocycles. The molecule has 202 valence electrons. The van der Waals surface area contributed by atoms with E-state index in [0.717, 1.165) is 23.6 Å². The van der Waals surface area contributed by atoms with Crippen molar-refractivity contribution < 1.29 is 17.5 Å². The highest BCUT2D eigenvalue weighted by Gasteiger charge is 2.17. The summed E-state index contributed by atoms with van der Waals surface area (Å²) in [6.07, 6.45) is 16.0. The highest BCUT2D eigenvalue weighted by Crippen LogP contribution is 2.15. The Morgan fingerprint density at radius 2 is 1.30 bits per heavy atom. The number of rotatable bonds is 14.